The highest BCUT2D eigenvalue weighted by Gasteiger charge is 2.16. The van der Waals surface area contributed by atoms with Crippen LogP contribution in [0.2, 0.25) is 0 Å². The van der Waals surface area contributed by atoms with Crippen LogP contribution in [0.25, 0.3) is 0 Å². The zero-order chi connectivity index (χ0) is 9.80. The van der Waals surface area contributed by atoms with Gasteiger partial charge in [0.2, 0.25) is 0 Å². The van der Waals surface area contributed by atoms with Gasteiger partial charge < -0.3 is 10.2 Å². The van der Waals surface area contributed by atoms with E-state index in [1.807, 2.05) is 11.3 Å². The first-order valence-electron chi connectivity index (χ1n) is 5.26. The molecule has 0 saturated carbocycles. The molecule has 0 aliphatic carbocycles. The third kappa shape index (κ3) is 2.80. The molecule has 1 fully saturated rings. The monoisotopic (exact) mass is 210 g/mol. The topological polar surface area (TPSA) is 15.3 Å². The van der Waals surface area contributed by atoms with Crippen LogP contribution in [-0.2, 0) is 6.54 Å². The summed E-state index contributed by atoms with van der Waals surface area (Å²) in [5, 5.41) is 5.47. The normalized spacial score (nSPS) is 17.3. The van der Waals surface area contributed by atoms with Gasteiger partial charge in [-0.25, -0.2) is 0 Å². The van der Waals surface area contributed by atoms with Gasteiger partial charge in [-0.2, -0.15) is 0 Å². The smallest absolute Gasteiger partial charge is 0.0324 e. The number of thiophene rings is 1. The molecule has 1 saturated heterocycles. The van der Waals surface area contributed by atoms with Gasteiger partial charge in [-0.05, 0) is 50.5 Å². The van der Waals surface area contributed by atoms with Crippen LogP contribution in [0.15, 0.2) is 17.5 Å². The summed E-state index contributed by atoms with van der Waals surface area (Å²) in [5.41, 5.74) is 0. The van der Waals surface area contributed by atoms with E-state index in [9.17, 15) is 0 Å². The van der Waals surface area contributed by atoms with Crippen molar-refractivity contribution < 1.29 is 0 Å². The lowest BCUT2D eigenvalue weighted by atomic mass is 9.99. The Morgan fingerprint density at radius 3 is 3.00 bits per heavy atom. The summed E-state index contributed by atoms with van der Waals surface area (Å²) >= 11 is 1.85. The van der Waals surface area contributed by atoms with Gasteiger partial charge in [0.05, 0.1) is 0 Å². The fourth-order valence-electron chi connectivity index (χ4n) is 1.70. The van der Waals surface area contributed by atoms with Crippen molar-refractivity contribution >= 4 is 11.3 Å². The second-order valence-electron chi connectivity index (χ2n) is 4.13. The summed E-state index contributed by atoms with van der Waals surface area (Å²) in [5.74, 6) is 0.931. The number of nitrogens with zero attached hydrogens (tertiary/aromatic N) is 1. The van der Waals surface area contributed by atoms with Gasteiger partial charge in [-0.1, -0.05) is 6.07 Å². The lowest BCUT2D eigenvalue weighted by Gasteiger charge is -2.28. The molecular weight excluding hydrogens is 192 g/mol. The summed E-state index contributed by atoms with van der Waals surface area (Å²) in [6.07, 6.45) is 1.34. The second-order valence-corrected chi connectivity index (χ2v) is 5.16. The third-order valence-corrected chi connectivity index (χ3v) is 3.65. The number of nitrogens with one attached hydrogen (secondary N) is 1. The Balaban J connectivity index is 1.65. The molecular formula is C11H18N2S. The molecule has 0 aromatic carbocycles. The predicted octanol–water partition coefficient (Wildman–Crippen LogP) is 1.79. The Bertz CT molecular complexity index is 254. The molecule has 0 bridgehead atoms. The first-order chi connectivity index (χ1) is 6.84. The fraction of sp³-hybridized carbons (Fsp3) is 0.636. The second kappa shape index (κ2) is 4.91. The van der Waals surface area contributed by atoms with Gasteiger partial charge in [0.25, 0.3) is 0 Å². The molecule has 2 rings (SSSR count). The third-order valence-electron chi connectivity index (χ3n) is 2.79. The van der Waals surface area contributed by atoms with E-state index in [0.29, 0.717) is 0 Å². The van der Waals surface area contributed by atoms with E-state index >= 15 is 0 Å². The van der Waals surface area contributed by atoms with Gasteiger partial charge in [-0.15, -0.1) is 11.3 Å². The van der Waals surface area contributed by atoms with Gasteiger partial charge in [0, 0.05) is 11.4 Å². The minimum atomic E-state index is 0.931. The Labute approximate surface area is 89.9 Å². The maximum atomic E-state index is 3.31. The molecule has 0 spiro atoms. The van der Waals surface area contributed by atoms with Crippen molar-refractivity contribution in [3.05, 3.63) is 22.4 Å². The number of hydrogen-bond acceptors (Lipinski definition) is 3. The summed E-state index contributed by atoms with van der Waals surface area (Å²) in [6.45, 7) is 4.79. The van der Waals surface area contributed by atoms with Crippen LogP contribution in [0.3, 0.4) is 0 Å². The molecule has 2 heterocycles. The molecule has 14 heavy (non-hydrogen) atoms. The molecule has 0 atom stereocenters. The number of hydrogen-bond donors (Lipinski definition) is 1. The minimum absolute atomic E-state index is 0.931. The summed E-state index contributed by atoms with van der Waals surface area (Å²) < 4.78 is 0. The molecule has 0 radical (unpaired) electrons. The minimum Gasteiger partial charge on any atom is -0.316 e. The highest BCUT2D eigenvalue weighted by atomic mass is 32.1. The summed E-state index contributed by atoms with van der Waals surface area (Å²) in [4.78, 5) is 3.89. The van der Waals surface area contributed by atoms with E-state index in [1.54, 1.807) is 0 Å². The van der Waals surface area contributed by atoms with E-state index in [4.69, 9.17) is 0 Å². The van der Waals surface area contributed by atoms with Crippen LogP contribution in [0.1, 0.15) is 11.3 Å². The molecule has 3 heteroatoms. The molecule has 0 unspecified atom stereocenters. The van der Waals surface area contributed by atoms with Gasteiger partial charge >= 0.3 is 0 Å². The predicted molar refractivity (Wildman–Crippen MR) is 61.6 cm³/mol. The molecule has 1 N–H and O–H groups in total. The molecule has 1 aliphatic heterocycles. The number of rotatable bonds is 5. The Morgan fingerprint density at radius 1 is 1.57 bits per heavy atom. The molecule has 1 aliphatic rings. The summed E-state index contributed by atoms with van der Waals surface area (Å²) in [7, 11) is 2.21. The molecule has 1 aromatic heterocycles. The van der Waals surface area contributed by atoms with Crippen LogP contribution in [0.4, 0.5) is 0 Å². The first-order valence-corrected chi connectivity index (χ1v) is 6.14. The van der Waals surface area contributed by atoms with Gasteiger partial charge in [-0.3, -0.25) is 0 Å². The van der Waals surface area contributed by atoms with E-state index in [2.05, 4.69) is 34.8 Å². The van der Waals surface area contributed by atoms with Crippen molar-refractivity contribution in [1.82, 2.24) is 10.2 Å². The Morgan fingerprint density at radius 2 is 2.43 bits per heavy atom. The molecule has 1 aromatic rings. The van der Waals surface area contributed by atoms with Crippen molar-refractivity contribution in [2.75, 3.05) is 26.7 Å². The zero-order valence-electron chi connectivity index (χ0n) is 8.70. The van der Waals surface area contributed by atoms with Crippen LogP contribution >= 0.6 is 11.3 Å². The largest absolute Gasteiger partial charge is 0.316 e. The average Bonchev–Trinajstić information content (AvgIpc) is 2.54. The Hall–Kier alpha value is -0.380. The highest BCUT2D eigenvalue weighted by molar-refractivity contribution is 7.09. The molecule has 2 nitrogen and oxygen atoms in total. The SMILES string of the molecule is CN(CCC1CNC1)Cc1cccs1. The molecule has 0 amide bonds. The average molecular weight is 210 g/mol. The van der Waals surface area contributed by atoms with Crippen molar-refractivity contribution in [1.29, 1.82) is 0 Å². The lowest BCUT2D eigenvalue weighted by molar-refractivity contribution is 0.253. The Kier molecular flexibility index (Phi) is 3.56. The van der Waals surface area contributed by atoms with Crippen molar-refractivity contribution in [2.45, 2.75) is 13.0 Å². The van der Waals surface area contributed by atoms with Crippen LogP contribution < -0.4 is 5.32 Å². The maximum Gasteiger partial charge on any atom is 0.0324 e. The van der Waals surface area contributed by atoms with E-state index in [-0.39, 0.29) is 0 Å². The summed E-state index contributed by atoms with van der Waals surface area (Å²) in [6, 6.07) is 4.34. The van der Waals surface area contributed by atoms with Gasteiger partial charge in [0.15, 0.2) is 0 Å². The van der Waals surface area contributed by atoms with Crippen molar-refractivity contribution in [3.63, 3.8) is 0 Å². The molecule has 78 valence electrons. The van der Waals surface area contributed by atoms with E-state index in [1.165, 1.54) is 30.9 Å². The van der Waals surface area contributed by atoms with E-state index < -0.39 is 0 Å². The fourth-order valence-corrected chi connectivity index (χ4v) is 2.49. The first kappa shape index (κ1) is 10.1. The highest BCUT2D eigenvalue weighted by Crippen LogP contribution is 2.13. The maximum absolute atomic E-state index is 3.31. The van der Waals surface area contributed by atoms with Crippen LogP contribution in [0.5, 0.6) is 0 Å². The van der Waals surface area contributed by atoms with Crippen LogP contribution in [-0.4, -0.2) is 31.6 Å². The standard InChI is InChI=1S/C11H18N2S/c1-13(5-4-10-7-12-8-10)9-11-3-2-6-14-11/h2-3,6,10,12H,4-5,7-9H2,1H3. The van der Waals surface area contributed by atoms with Crippen LogP contribution in [0, 0.1) is 5.92 Å². The zero-order valence-corrected chi connectivity index (χ0v) is 9.52. The lowest BCUT2D eigenvalue weighted by Crippen LogP contribution is -2.43. The van der Waals surface area contributed by atoms with Gasteiger partial charge in [0.1, 0.15) is 0 Å². The quantitative estimate of drug-likeness (QED) is 0.797. The van der Waals surface area contributed by atoms with E-state index in [0.717, 1.165) is 12.5 Å². The van der Waals surface area contributed by atoms with Crippen molar-refractivity contribution in [2.24, 2.45) is 5.92 Å². The van der Waals surface area contributed by atoms with Crippen molar-refractivity contribution in [3.8, 4) is 0 Å².